The van der Waals surface area contributed by atoms with E-state index in [1.165, 1.54) is 25.3 Å². The van der Waals surface area contributed by atoms with Crippen molar-refractivity contribution in [3.63, 3.8) is 0 Å². The van der Waals surface area contributed by atoms with E-state index in [1.807, 2.05) is 31.2 Å². The molecule has 44 heavy (non-hydrogen) atoms. The van der Waals surface area contributed by atoms with E-state index in [0.29, 0.717) is 48.8 Å². The van der Waals surface area contributed by atoms with Gasteiger partial charge in [0.15, 0.2) is 6.29 Å². The lowest BCUT2D eigenvalue weighted by Crippen LogP contribution is -2.33. The standard InChI is InChI=1S/C33H40N2O9/c1-4-27-31(30(29(22(2)34-27)32(36)40-3)24-9-7-10-25(21-24)35(38)39)33(37)44-19-8-18-41-26-14-12-23(13-15-26)16-20-43-28-11-5-6-17-42-28/h7,9-10,12-15,21,28,30,34H,4-6,8,11,16-20H2,1-3H3. The van der Waals surface area contributed by atoms with Gasteiger partial charge in [0.25, 0.3) is 5.69 Å². The van der Waals surface area contributed by atoms with Crippen LogP contribution in [0.15, 0.2) is 71.1 Å². The van der Waals surface area contributed by atoms with E-state index in [4.69, 9.17) is 23.7 Å². The van der Waals surface area contributed by atoms with Gasteiger partial charge < -0.3 is 29.0 Å². The first-order valence-corrected chi connectivity index (χ1v) is 15.0. The molecule has 11 heteroatoms. The summed E-state index contributed by atoms with van der Waals surface area (Å²) in [6, 6.07) is 13.7. The minimum Gasteiger partial charge on any atom is -0.493 e. The van der Waals surface area contributed by atoms with Crippen LogP contribution in [0.4, 0.5) is 5.69 Å². The Labute approximate surface area is 257 Å². The highest BCUT2D eigenvalue weighted by molar-refractivity contribution is 6.00. The van der Waals surface area contributed by atoms with Crippen LogP contribution in [0.5, 0.6) is 5.75 Å². The number of methoxy groups -OCH3 is 1. The van der Waals surface area contributed by atoms with Crippen LogP contribution in [0.2, 0.25) is 0 Å². The molecule has 2 atom stereocenters. The number of non-ortho nitro benzene ring substituents is 1. The first-order chi connectivity index (χ1) is 21.3. The molecule has 2 aromatic rings. The van der Waals surface area contributed by atoms with Gasteiger partial charge in [0.05, 0.1) is 48.9 Å². The average Bonchev–Trinajstić information content (AvgIpc) is 3.04. The Morgan fingerprint density at radius 1 is 1.05 bits per heavy atom. The molecule has 0 aliphatic carbocycles. The molecule has 2 aliphatic heterocycles. The number of benzene rings is 2. The van der Waals surface area contributed by atoms with E-state index < -0.39 is 22.8 Å². The lowest BCUT2D eigenvalue weighted by Gasteiger charge is -2.31. The van der Waals surface area contributed by atoms with E-state index in [1.54, 1.807) is 13.0 Å². The number of ether oxygens (including phenoxy) is 5. The van der Waals surface area contributed by atoms with Crippen LogP contribution in [0.3, 0.4) is 0 Å². The molecule has 0 bridgehead atoms. The smallest absolute Gasteiger partial charge is 0.336 e. The van der Waals surface area contributed by atoms with Crippen LogP contribution in [0, 0.1) is 10.1 Å². The number of hydrogen-bond donors (Lipinski definition) is 1. The summed E-state index contributed by atoms with van der Waals surface area (Å²) in [6.45, 7) is 5.34. The molecule has 2 unspecified atom stereocenters. The molecule has 4 rings (SSSR count). The summed E-state index contributed by atoms with van der Waals surface area (Å²) in [4.78, 5) is 37.3. The van der Waals surface area contributed by atoms with Crippen molar-refractivity contribution >= 4 is 17.6 Å². The molecule has 1 N–H and O–H groups in total. The summed E-state index contributed by atoms with van der Waals surface area (Å²) in [5, 5.41) is 14.6. The van der Waals surface area contributed by atoms with Crippen LogP contribution in [0.1, 0.15) is 63.0 Å². The number of allylic oxidation sites excluding steroid dienone is 2. The van der Waals surface area contributed by atoms with Gasteiger partial charge in [0, 0.05) is 36.6 Å². The quantitative estimate of drug-likeness (QED) is 0.127. The number of carbonyl (C=O) groups excluding carboxylic acids is 2. The van der Waals surface area contributed by atoms with Crippen LogP contribution in [-0.2, 0) is 35.0 Å². The number of esters is 2. The lowest BCUT2D eigenvalue weighted by molar-refractivity contribution is -0.384. The van der Waals surface area contributed by atoms with Gasteiger partial charge in [-0.2, -0.15) is 0 Å². The number of rotatable bonds is 14. The van der Waals surface area contributed by atoms with Gasteiger partial charge in [-0.15, -0.1) is 0 Å². The van der Waals surface area contributed by atoms with Gasteiger partial charge in [0.2, 0.25) is 0 Å². The molecule has 2 aliphatic rings. The van der Waals surface area contributed by atoms with Gasteiger partial charge >= 0.3 is 11.9 Å². The van der Waals surface area contributed by atoms with Crippen molar-refractivity contribution in [2.45, 2.75) is 64.6 Å². The molecule has 0 amide bonds. The van der Waals surface area contributed by atoms with Gasteiger partial charge in [-0.25, -0.2) is 9.59 Å². The number of hydrogen-bond acceptors (Lipinski definition) is 10. The SMILES string of the molecule is CCC1=C(C(=O)OCCCOc2ccc(CCOC3CCCCO3)cc2)C(c2cccc([N+](=O)[O-])c2)C(C(=O)OC)=C(C)N1. The number of nitrogens with one attached hydrogen (secondary N) is 1. The Bertz CT molecular complexity index is 1380. The Hall–Kier alpha value is -4.22. The highest BCUT2D eigenvalue weighted by Crippen LogP contribution is 2.40. The van der Waals surface area contributed by atoms with Crippen molar-refractivity contribution in [1.82, 2.24) is 5.32 Å². The van der Waals surface area contributed by atoms with Crippen molar-refractivity contribution in [3.05, 3.63) is 92.3 Å². The molecule has 0 saturated carbocycles. The number of nitro benzene ring substituents is 1. The van der Waals surface area contributed by atoms with E-state index >= 15 is 0 Å². The van der Waals surface area contributed by atoms with Gasteiger partial charge in [-0.3, -0.25) is 10.1 Å². The average molecular weight is 609 g/mol. The zero-order chi connectivity index (χ0) is 31.5. The summed E-state index contributed by atoms with van der Waals surface area (Å²) < 4.78 is 27.9. The molecule has 2 aromatic carbocycles. The zero-order valence-electron chi connectivity index (χ0n) is 25.5. The first kappa shape index (κ1) is 32.7. The molecule has 11 nitrogen and oxygen atoms in total. The van der Waals surface area contributed by atoms with Crippen LogP contribution in [0.25, 0.3) is 0 Å². The molecule has 236 valence electrons. The first-order valence-electron chi connectivity index (χ1n) is 15.0. The maximum Gasteiger partial charge on any atom is 0.336 e. The number of nitro groups is 1. The highest BCUT2D eigenvalue weighted by atomic mass is 16.7. The third-order valence-electron chi connectivity index (χ3n) is 7.58. The molecular formula is C33H40N2O9. The second-order valence-electron chi connectivity index (χ2n) is 10.6. The van der Waals surface area contributed by atoms with Gasteiger partial charge in [-0.05, 0) is 62.3 Å². The van der Waals surface area contributed by atoms with Crippen LogP contribution < -0.4 is 10.1 Å². The van der Waals surface area contributed by atoms with Crippen molar-refractivity contribution in [2.24, 2.45) is 0 Å². The predicted molar refractivity (Wildman–Crippen MR) is 162 cm³/mol. The number of dihydropyridines is 1. The number of carbonyl (C=O) groups is 2. The summed E-state index contributed by atoms with van der Waals surface area (Å²) in [6.07, 6.45) is 4.74. The van der Waals surface area contributed by atoms with Crippen LogP contribution in [-0.4, -0.2) is 56.7 Å². The fourth-order valence-electron chi connectivity index (χ4n) is 5.34. The second-order valence-corrected chi connectivity index (χ2v) is 10.6. The summed E-state index contributed by atoms with van der Waals surface area (Å²) in [5.74, 6) is -1.46. The summed E-state index contributed by atoms with van der Waals surface area (Å²) in [5.41, 5.74) is 2.89. The normalized spacial score (nSPS) is 18.4. The van der Waals surface area contributed by atoms with Crippen molar-refractivity contribution in [1.29, 1.82) is 0 Å². The van der Waals surface area contributed by atoms with Crippen molar-refractivity contribution in [2.75, 3.05) is 33.5 Å². The minimum absolute atomic E-state index is 0.0793. The molecule has 0 spiro atoms. The van der Waals surface area contributed by atoms with E-state index in [-0.39, 0.29) is 29.7 Å². The van der Waals surface area contributed by atoms with E-state index in [9.17, 15) is 19.7 Å². The monoisotopic (exact) mass is 608 g/mol. The third kappa shape index (κ3) is 8.45. The maximum atomic E-state index is 13.5. The van der Waals surface area contributed by atoms with E-state index in [0.717, 1.165) is 37.9 Å². The molecule has 0 aromatic heterocycles. The fraction of sp³-hybridized carbons (Fsp3) is 0.455. The predicted octanol–water partition coefficient (Wildman–Crippen LogP) is 5.49. The van der Waals surface area contributed by atoms with E-state index in [2.05, 4.69) is 5.32 Å². The second kappa shape index (κ2) is 16.0. The molecule has 0 radical (unpaired) electrons. The van der Waals surface area contributed by atoms with Crippen LogP contribution >= 0.6 is 0 Å². The molecular weight excluding hydrogens is 568 g/mol. The molecule has 2 heterocycles. The van der Waals surface area contributed by atoms with Crippen molar-refractivity contribution in [3.8, 4) is 5.75 Å². The van der Waals surface area contributed by atoms with Gasteiger partial charge in [-0.1, -0.05) is 31.2 Å². The minimum atomic E-state index is -0.901. The zero-order valence-corrected chi connectivity index (χ0v) is 25.5. The Kier molecular flexibility index (Phi) is 11.9. The summed E-state index contributed by atoms with van der Waals surface area (Å²) >= 11 is 0. The molecule has 1 saturated heterocycles. The van der Waals surface area contributed by atoms with Gasteiger partial charge in [0.1, 0.15) is 5.75 Å². The third-order valence-corrected chi connectivity index (χ3v) is 7.58. The molecule has 1 fully saturated rings. The summed E-state index contributed by atoms with van der Waals surface area (Å²) in [7, 11) is 1.25. The number of nitrogens with zero attached hydrogens (tertiary/aromatic N) is 1. The Morgan fingerprint density at radius 3 is 2.52 bits per heavy atom. The largest absolute Gasteiger partial charge is 0.493 e. The highest BCUT2D eigenvalue weighted by Gasteiger charge is 2.38. The Morgan fingerprint density at radius 2 is 1.84 bits per heavy atom. The lowest BCUT2D eigenvalue weighted by atomic mass is 9.79. The topological polar surface area (TPSA) is 135 Å². The Balaban J connectivity index is 1.34. The fourth-order valence-corrected chi connectivity index (χ4v) is 5.34. The van der Waals surface area contributed by atoms with Crippen molar-refractivity contribution < 1.29 is 38.2 Å². The maximum absolute atomic E-state index is 13.5.